The van der Waals surface area contributed by atoms with Crippen molar-refractivity contribution >= 4 is 45.9 Å². The van der Waals surface area contributed by atoms with Gasteiger partial charge in [-0.15, -0.1) is 0 Å². The molecule has 29 heavy (non-hydrogen) atoms. The number of rotatable bonds is 3. The van der Waals surface area contributed by atoms with Crippen molar-refractivity contribution in [1.82, 2.24) is 9.78 Å². The minimum atomic E-state index is -4.47. The Hall–Kier alpha value is -1.42. The maximum Gasteiger partial charge on any atom is 0.398 e. The van der Waals surface area contributed by atoms with Gasteiger partial charge in [-0.3, -0.25) is 9.59 Å². The average molecular weight is 537 g/mol. The predicted octanol–water partition coefficient (Wildman–Crippen LogP) is 5.12. The molecule has 1 unspecified atom stereocenters. The van der Waals surface area contributed by atoms with E-state index in [-0.39, 0.29) is 40.7 Å². The van der Waals surface area contributed by atoms with E-state index in [9.17, 15) is 22.8 Å². The second kappa shape index (κ2) is 7.08. The molecule has 4 nitrogen and oxygen atoms in total. The number of nitrogens with zero attached hydrogens (tertiary/aromatic N) is 2. The molecule has 1 fully saturated rings. The van der Waals surface area contributed by atoms with Crippen molar-refractivity contribution in [2.75, 3.05) is 0 Å². The van der Waals surface area contributed by atoms with E-state index in [1.807, 2.05) is 22.6 Å². The van der Waals surface area contributed by atoms with Gasteiger partial charge < -0.3 is 0 Å². The van der Waals surface area contributed by atoms with Crippen LogP contribution in [0.1, 0.15) is 53.4 Å². The quantitative estimate of drug-likeness (QED) is 0.512. The Labute approximate surface area is 183 Å². The number of hydrogen-bond donors (Lipinski definition) is 0. The van der Waals surface area contributed by atoms with Crippen molar-refractivity contribution in [2.24, 2.45) is 5.92 Å². The monoisotopic (exact) mass is 536 g/mol. The van der Waals surface area contributed by atoms with Gasteiger partial charge in [0.05, 0.1) is 21.7 Å². The van der Waals surface area contributed by atoms with Crippen LogP contribution in [0.5, 0.6) is 0 Å². The summed E-state index contributed by atoms with van der Waals surface area (Å²) in [5.74, 6) is -0.875. The number of carbonyl (C=O) groups excluding carboxylic acids is 2. The molecule has 0 amide bonds. The molecule has 1 heterocycles. The van der Waals surface area contributed by atoms with Crippen LogP contribution in [0.25, 0.3) is 0 Å². The molecule has 154 valence electrons. The van der Waals surface area contributed by atoms with Gasteiger partial charge in [0.15, 0.2) is 0 Å². The summed E-state index contributed by atoms with van der Waals surface area (Å²) in [5.41, 5.74) is -0.822. The first-order valence-electron chi connectivity index (χ1n) is 9.24. The van der Waals surface area contributed by atoms with Crippen molar-refractivity contribution in [3.05, 3.63) is 49.3 Å². The smallest absolute Gasteiger partial charge is 0.300 e. The van der Waals surface area contributed by atoms with Gasteiger partial charge in [-0.2, -0.15) is 23.0 Å². The molecule has 4 rings (SSSR count). The SMILES string of the molecule is CC(=O)C1CCc2c(I)nn(C(=O)c3c(Cl)cccc3C3(C(F)(F)F)CC3)c2C1. The molecule has 0 aliphatic heterocycles. The first-order chi connectivity index (χ1) is 13.6. The number of halogens is 5. The number of hydrogen-bond acceptors (Lipinski definition) is 3. The van der Waals surface area contributed by atoms with Crippen molar-refractivity contribution in [3.63, 3.8) is 0 Å². The van der Waals surface area contributed by atoms with Crippen LogP contribution in [-0.4, -0.2) is 27.6 Å². The third-order valence-electron chi connectivity index (χ3n) is 6.03. The summed E-state index contributed by atoms with van der Waals surface area (Å²) in [7, 11) is 0. The number of Topliss-reactive ketones (excluding diaryl/α,β-unsaturated/α-hetero) is 1. The third-order valence-corrected chi connectivity index (χ3v) is 7.21. The fraction of sp³-hybridized carbons (Fsp3) is 0.450. The zero-order chi connectivity index (χ0) is 21.1. The number of fused-ring (bicyclic) bond motifs is 1. The lowest BCUT2D eigenvalue weighted by atomic mass is 9.85. The highest BCUT2D eigenvalue weighted by Crippen LogP contribution is 2.60. The Morgan fingerprint density at radius 1 is 1.31 bits per heavy atom. The van der Waals surface area contributed by atoms with Crippen LogP contribution in [-0.2, 0) is 23.1 Å². The highest BCUT2D eigenvalue weighted by atomic mass is 127. The van der Waals surface area contributed by atoms with E-state index in [0.717, 1.165) is 10.2 Å². The van der Waals surface area contributed by atoms with Crippen molar-refractivity contribution < 1.29 is 22.8 Å². The molecular formula is C20H17ClF3IN2O2. The summed E-state index contributed by atoms with van der Waals surface area (Å²) in [5, 5.41) is 4.29. The van der Waals surface area contributed by atoms with Gasteiger partial charge in [0.1, 0.15) is 9.48 Å². The van der Waals surface area contributed by atoms with E-state index in [2.05, 4.69) is 5.10 Å². The van der Waals surface area contributed by atoms with Crippen LogP contribution in [0, 0.1) is 9.62 Å². The second-order valence-electron chi connectivity index (χ2n) is 7.73. The lowest BCUT2D eigenvalue weighted by molar-refractivity contribution is -0.160. The molecule has 2 aliphatic carbocycles. The Morgan fingerprint density at radius 3 is 2.59 bits per heavy atom. The predicted molar refractivity (Wildman–Crippen MR) is 109 cm³/mol. The van der Waals surface area contributed by atoms with E-state index in [4.69, 9.17) is 11.6 Å². The molecule has 2 aliphatic rings. The number of carbonyl (C=O) groups is 2. The Bertz CT molecular complexity index is 1030. The van der Waals surface area contributed by atoms with Crippen LogP contribution in [0.4, 0.5) is 13.2 Å². The summed E-state index contributed by atoms with van der Waals surface area (Å²) >= 11 is 8.26. The van der Waals surface area contributed by atoms with Gasteiger partial charge in [0.2, 0.25) is 0 Å². The van der Waals surface area contributed by atoms with Crippen LogP contribution >= 0.6 is 34.2 Å². The van der Waals surface area contributed by atoms with Gasteiger partial charge in [-0.05, 0) is 73.2 Å². The highest BCUT2D eigenvalue weighted by Gasteiger charge is 2.65. The summed E-state index contributed by atoms with van der Waals surface area (Å²) in [6, 6.07) is 4.19. The summed E-state index contributed by atoms with van der Waals surface area (Å²) in [6.07, 6.45) is -2.99. The topological polar surface area (TPSA) is 52.0 Å². The average Bonchev–Trinajstić information content (AvgIpc) is 3.41. The molecule has 0 radical (unpaired) electrons. The van der Waals surface area contributed by atoms with Crippen molar-refractivity contribution in [2.45, 2.75) is 50.6 Å². The van der Waals surface area contributed by atoms with E-state index in [1.54, 1.807) is 0 Å². The summed E-state index contributed by atoms with van der Waals surface area (Å²) < 4.78 is 43.1. The number of ketones is 1. The minimum Gasteiger partial charge on any atom is -0.300 e. The van der Waals surface area contributed by atoms with Crippen LogP contribution in [0.2, 0.25) is 5.02 Å². The van der Waals surface area contributed by atoms with Gasteiger partial charge in [0, 0.05) is 11.5 Å². The summed E-state index contributed by atoms with van der Waals surface area (Å²) in [6.45, 7) is 1.51. The normalized spacial score (nSPS) is 20.3. The maximum absolute atomic E-state index is 13.8. The molecule has 0 spiro atoms. The lowest BCUT2D eigenvalue weighted by Crippen LogP contribution is -2.32. The van der Waals surface area contributed by atoms with Crippen molar-refractivity contribution in [1.29, 1.82) is 0 Å². The maximum atomic E-state index is 13.8. The van der Waals surface area contributed by atoms with Gasteiger partial charge in [0.25, 0.3) is 5.91 Å². The molecule has 0 N–H and O–H groups in total. The first-order valence-corrected chi connectivity index (χ1v) is 10.7. The molecule has 1 atom stereocenters. The highest BCUT2D eigenvalue weighted by molar-refractivity contribution is 14.1. The van der Waals surface area contributed by atoms with E-state index in [1.165, 1.54) is 25.1 Å². The fourth-order valence-electron chi connectivity index (χ4n) is 4.16. The molecule has 2 aromatic rings. The van der Waals surface area contributed by atoms with Crippen LogP contribution in [0.15, 0.2) is 18.2 Å². The Kier molecular flexibility index (Phi) is 5.08. The van der Waals surface area contributed by atoms with E-state index >= 15 is 0 Å². The standard InChI is InChI=1S/C20H17ClF3IN2O2/c1-10(28)11-5-6-12-15(9-11)27(26-17(12)25)18(29)16-13(3-2-4-14(16)21)19(7-8-19)20(22,23)24/h2-4,11H,5-9H2,1H3. The molecule has 9 heteroatoms. The Balaban J connectivity index is 1.83. The second-order valence-corrected chi connectivity index (χ2v) is 9.15. The van der Waals surface area contributed by atoms with Crippen LogP contribution < -0.4 is 0 Å². The lowest BCUT2D eigenvalue weighted by Gasteiger charge is -2.24. The van der Waals surface area contributed by atoms with E-state index < -0.39 is 17.5 Å². The first kappa shape index (κ1) is 20.8. The van der Waals surface area contributed by atoms with Crippen molar-refractivity contribution in [3.8, 4) is 0 Å². The zero-order valence-electron chi connectivity index (χ0n) is 15.4. The number of aromatic nitrogens is 2. The molecular weight excluding hydrogens is 520 g/mol. The largest absolute Gasteiger partial charge is 0.398 e. The van der Waals surface area contributed by atoms with Gasteiger partial charge >= 0.3 is 6.18 Å². The Morgan fingerprint density at radius 2 is 2.00 bits per heavy atom. The fourth-order valence-corrected chi connectivity index (χ4v) is 5.21. The summed E-state index contributed by atoms with van der Waals surface area (Å²) in [4.78, 5) is 25.3. The third kappa shape index (κ3) is 3.32. The van der Waals surface area contributed by atoms with Crippen LogP contribution in [0.3, 0.4) is 0 Å². The van der Waals surface area contributed by atoms with E-state index in [0.29, 0.717) is 28.7 Å². The minimum absolute atomic E-state index is 0.0262. The molecule has 1 aromatic heterocycles. The molecule has 1 saturated carbocycles. The molecule has 0 saturated heterocycles. The van der Waals surface area contributed by atoms with Gasteiger partial charge in [-0.1, -0.05) is 23.7 Å². The number of benzene rings is 1. The van der Waals surface area contributed by atoms with Gasteiger partial charge in [-0.25, -0.2) is 0 Å². The molecule has 1 aromatic carbocycles. The zero-order valence-corrected chi connectivity index (χ0v) is 18.4. The number of alkyl halides is 3. The molecule has 0 bridgehead atoms.